The minimum absolute atomic E-state index is 0.0598. The summed E-state index contributed by atoms with van der Waals surface area (Å²) in [6, 6.07) is 0. The van der Waals surface area contributed by atoms with E-state index in [-0.39, 0.29) is 29.8 Å². The van der Waals surface area contributed by atoms with E-state index in [1.54, 1.807) is 31.3 Å². The predicted molar refractivity (Wildman–Crippen MR) is 145 cm³/mol. The molecule has 0 radical (unpaired) electrons. The molecule has 8 heteroatoms. The summed E-state index contributed by atoms with van der Waals surface area (Å²) < 4.78 is 12.0. The number of hydrogen-bond donors (Lipinski definition) is 2. The molecule has 2 aliphatic rings. The van der Waals surface area contributed by atoms with E-state index in [4.69, 9.17) is 9.47 Å². The molecule has 2 fully saturated rings. The van der Waals surface area contributed by atoms with Gasteiger partial charge in [-0.05, 0) is 57.6 Å². The zero-order valence-corrected chi connectivity index (χ0v) is 23.8. The number of allylic oxidation sites excluding steroid dienone is 1. The molecule has 0 spiro atoms. The molecule has 0 unspecified atom stereocenters. The van der Waals surface area contributed by atoms with Crippen LogP contribution >= 0.6 is 11.3 Å². The van der Waals surface area contributed by atoms with E-state index in [0.29, 0.717) is 12.8 Å². The Balaban J connectivity index is 1.88. The van der Waals surface area contributed by atoms with Gasteiger partial charge in [0.05, 0.1) is 46.5 Å². The number of aliphatic hydroxyl groups excluding tert-OH is 2. The molecule has 1 aromatic rings. The van der Waals surface area contributed by atoms with E-state index < -0.39 is 35.6 Å². The number of epoxide rings is 1. The van der Waals surface area contributed by atoms with Gasteiger partial charge in [0, 0.05) is 17.7 Å². The fourth-order valence-corrected chi connectivity index (χ4v) is 5.86. The number of aromatic nitrogens is 1. The number of ketones is 1. The minimum atomic E-state index is -1.26. The molecule has 0 amide bonds. The van der Waals surface area contributed by atoms with Crippen molar-refractivity contribution in [2.24, 2.45) is 17.3 Å². The second-order valence-electron chi connectivity index (χ2n) is 11.6. The van der Waals surface area contributed by atoms with Gasteiger partial charge >= 0.3 is 5.97 Å². The van der Waals surface area contributed by atoms with Crippen LogP contribution in [0.3, 0.4) is 0 Å². The third-order valence-electron chi connectivity index (χ3n) is 8.17. The molecule has 7 nitrogen and oxygen atoms in total. The van der Waals surface area contributed by atoms with Crippen molar-refractivity contribution in [3.63, 3.8) is 0 Å². The maximum absolute atomic E-state index is 13.6. The van der Waals surface area contributed by atoms with Gasteiger partial charge in [-0.3, -0.25) is 9.59 Å². The number of nitrogens with zero attached hydrogens (tertiary/aromatic N) is 1. The van der Waals surface area contributed by atoms with Gasteiger partial charge in [0.15, 0.2) is 0 Å². The molecular formula is C29H43NO6S. The Hall–Kier alpha value is -1.87. The third-order valence-corrected chi connectivity index (χ3v) is 8.96. The van der Waals surface area contributed by atoms with Gasteiger partial charge < -0.3 is 19.7 Å². The van der Waals surface area contributed by atoms with E-state index >= 15 is 0 Å². The molecule has 0 aliphatic carbocycles. The van der Waals surface area contributed by atoms with Crippen molar-refractivity contribution in [2.45, 2.75) is 110 Å². The summed E-state index contributed by atoms with van der Waals surface area (Å²) in [7, 11) is 0. The molecule has 0 bridgehead atoms. The summed E-state index contributed by atoms with van der Waals surface area (Å²) in [6.45, 7) is 14.9. The maximum atomic E-state index is 13.6. The summed E-state index contributed by atoms with van der Waals surface area (Å²) in [5.41, 5.74) is 0.101. The minimum Gasteiger partial charge on any atom is -0.458 e. The number of esters is 1. The molecule has 2 N–H and O–H groups in total. The molecule has 7 atom stereocenters. The first-order valence-corrected chi connectivity index (χ1v) is 14.2. The van der Waals surface area contributed by atoms with Gasteiger partial charge in [-0.25, -0.2) is 4.98 Å². The van der Waals surface area contributed by atoms with Crippen LogP contribution in [0.2, 0.25) is 0 Å². The zero-order chi connectivity index (χ0) is 27.5. The van der Waals surface area contributed by atoms with Crippen molar-refractivity contribution < 1.29 is 29.3 Å². The lowest BCUT2D eigenvalue weighted by Crippen LogP contribution is -2.46. The number of carbonyl (C=O) groups is 2. The molecule has 2 saturated heterocycles. The molecule has 37 heavy (non-hydrogen) atoms. The number of Topliss-reactive ketones (excluding diaryl/α,β-unsaturated/α-hetero) is 1. The number of hydrogen-bond acceptors (Lipinski definition) is 8. The van der Waals surface area contributed by atoms with Gasteiger partial charge in [0.25, 0.3) is 0 Å². The Bertz CT molecular complexity index is 1020. The van der Waals surface area contributed by atoms with Gasteiger partial charge in [-0.2, -0.15) is 0 Å². The number of aryl methyl sites for hydroxylation is 1. The Kier molecular flexibility index (Phi) is 9.54. The Morgan fingerprint density at radius 2 is 2.00 bits per heavy atom. The van der Waals surface area contributed by atoms with Crippen LogP contribution in [0.4, 0.5) is 0 Å². The van der Waals surface area contributed by atoms with Crippen molar-refractivity contribution in [1.29, 1.82) is 0 Å². The fraction of sp³-hybridized carbons (Fsp3) is 0.690. The number of fused-ring (bicyclic) bond motifs is 1. The highest BCUT2D eigenvalue weighted by Crippen LogP contribution is 2.45. The quantitative estimate of drug-likeness (QED) is 0.317. The molecule has 2 aliphatic heterocycles. The molecule has 3 rings (SSSR count). The van der Waals surface area contributed by atoms with Crippen molar-refractivity contribution in [1.82, 2.24) is 4.98 Å². The van der Waals surface area contributed by atoms with Crippen molar-refractivity contribution in [3.8, 4) is 0 Å². The monoisotopic (exact) mass is 533 g/mol. The average molecular weight is 534 g/mol. The highest BCUT2D eigenvalue weighted by molar-refractivity contribution is 7.09. The number of carbonyl (C=O) groups excluding carboxylic acids is 2. The fourth-order valence-electron chi connectivity index (χ4n) is 5.29. The number of ether oxygens (including phenoxy) is 2. The first-order valence-electron chi connectivity index (χ1n) is 13.3. The first-order chi connectivity index (χ1) is 17.3. The average Bonchev–Trinajstić information content (AvgIpc) is 3.27. The second kappa shape index (κ2) is 11.9. The lowest BCUT2D eigenvalue weighted by molar-refractivity contribution is -0.154. The van der Waals surface area contributed by atoms with E-state index in [1.165, 1.54) is 0 Å². The van der Waals surface area contributed by atoms with Crippen LogP contribution in [0.5, 0.6) is 0 Å². The van der Waals surface area contributed by atoms with Crippen LogP contribution < -0.4 is 0 Å². The van der Waals surface area contributed by atoms with Crippen molar-refractivity contribution in [3.05, 3.63) is 34.3 Å². The predicted octanol–water partition coefficient (Wildman–Crippen LogP) is 5.03. The molecule has 0 saturated carbocycles. The van der Waals surface area contributed by atoms with Crippen LogP contribution in [0, 0.1) is 24.2 Å². The number of aliphatic hydroxyl groups is 2. The van der Waals surface area contributed by atoms with E-state index in [0.717, 1.165) is 35.5 Å². The highest BCUT2D eigenvalue weighted by atomic mass is 32.1. The van der Waals surface area contributed by atoms with Crippen LogP contribution in [-0.4, -0.2) is 57.0 Å². The Morgan fingerprint density at radius 3 is 2.62 bits per heavy atom. The second-order valence-corrected chi connectivity index (χ2v) is 12.7. The summed E-state index contributed by atoms with van der Waals surface area (Å²) in [6.07, 6.45) is 3.71. The van der Waals surface area contributed by atoms with Crippen LogP contribution in [0.25, 0.3) is 6.08 Å². The first kappa shape index (κ1) is 29.7. The SMILES string of the molecule is C=CC[C@H]1C(=O)C(C)(C)[C@H](O)CC(=O)O[C@H](/C(C)=C/c2csc(C)n2)C[C@@H]2O[C@]2(C)CCC[C@@H](C)[C@@H]1O. The van der Waals surface area contributed by atoms with Crippen LogP contribution in [-0.2, 0) is 19.1 Å². The normalized spacial score (nSPS) is 35.9. The van der Waals surface area contributed by atoms with Crippen molar-refractivity contribution >= 4 is 29.2 Å². The van der Waals surface area contributed by atoms with Crippen LogP contribution in [0.1, 0.15) is 83.8 Å². The van der Waals surface area contributed by atoms with E-state index in [1.807, 2.05) is 32.2 Å². The highest BCUT2D eigenvalue weighted by Gasteiger charge is 2.53. The lowest BCUT2D eigenvalue weighted by atomic mass is 9.71. The van der Waals surface area contributed by atoms with Gasteiger partial charge in [0.2, 0.25) is 0 Å². The maximum Gasteiger partial charge on any atom is 0.309 e. The molecule has 1 aromatic heterocycles. The van der Waals surface area contributed by atoms with Gasteiger partial charge in [-0.1, -0.05) is 33.3 Å². The number of thiazole rings is 1. The lowest BCUT2D eigenvalue weighted by Gasteiger charge is -2.35. The van der Waals surface area contributed by atoms with Gasteiger partial charge in [0.1, 0.15) is 11.9 Å². The Labute approximate surface area is 225 Å². The number of rotatable bonds is 4. The summed E-state index contributed by atoms with van der Waals surface area (Å²) in [5, 5.41) is 25.0. The summed E-state index contributed by atoms with van der Waals surface area (Å²) in [5.74, 6) is -1.67. The van der Waals surface area contributed by atoms with Crippen molar-refractivity contribution in [2.75, 3.05) is 0 Å². The third kappa shape index (κ3) is 7.16. The molecule has 3 heterocycles. The van der Waals surface area contributed by atoms with E-state index in [9.17, 15) is 19.8 Å². The molecular weight excluding hydrogens is 490 g/mol. The zero-order valence-electron chi connectivity index (χ0n) is 23.0. The standard InChI is InChI=1S/C29H43NO6S/c1-8-10-21-26(33)17(2)11-9-12-29(7)24(36-29)14-22(18(3)13-20-16-37-19(4)30-20)35-25(32)15-23(31)28(5,6)27(21)34/h8,13,16-17,21-24,26,31,33H,1,9-12,14-15H2,2-7H3/b18-13+/t17-,21-,22+,23-,24+,26+,29-/m1/s1. The summed E-state index contributed by atoms with van der Waals surface area (Å²) >= 11 is 1.56. The molecule has 206 valence electrons. The van der Waals surface area contributed by atoms with Crippen LogP contribution in [0.15, 0.2) is 23.6 Å². The largest absolute Gasteiger partial charge is 0.458 e. The smallest absolute Gasteiger partial charge is 0.309 e. The topological polar surface area (TPSA) is 109 Å². The van der Waals surface area contributed by atoms with E-state index in [2.05, 4.69) is 18.5 Å². The molecule has 0 aromatic carbocycles. The summed E-state index contributed by atoms with van der Waals surface area (Å²) in [4.78, 5) is 31.1. The van der Waals surface area contributed by atoms with Gasteiger partial charge in [-0.15, -0.1) is 17.9 Å². The number of cyclic esters (lactones) is 1. The Morgan fingerprint density at radius 1 is 1.30 bits per heavy atom.